The maximum atomic E-state index is 5.34. The van der Waals surface area contributed by atoms with Gasteiger partial charge in [0.05, 0.1) is 13.2 Å². The molecule has 0 radical (unpaired) electrons. The first kappa shape index (κ1) is 11.3. The van der Waals surface area contributed by atoms with Gasteiger partial charge in [-0.2, -0.15) is 0 Å². The quantitative estimate of drug-likeness (QED) is 0.670. The van der Waals surface area contributed by atoms with Crippen LogP contribution in [0.25, 0.3) is 0 Å². The molecule has 2 atom stereocenters. The van der Waals surface area contributed by atoms with Crippen LogP contribution in [0.15, 0.2) is 0 Å². The van der Waals surface area contributed by atoms with Crippen molar-refractivity contribution in [3.8, 4) is 0 Å². The van der Waals surface area contributed by atoms with E-state index < -0.39 is 0 Å². The molecular weight excluding hydrogens is 190 g/mol. The van der Waals surface area contributed by atoms with Crippen LogP contribution >= 0.6 is 0 Å². The largest absolute Gasteiger partial charge is 0.379 e. The average molecular weight is 213 g/mol. The molecule has 2 fully saturated rings. The first-order valence-electron chi connectivity index (χ1n) is 6.11. The number of nitrogens with one attached hydrogen (secondary N) is 2. The molecule has 0 aromatic rings. The van der Waals surface area contributed by atoms with Crippen LogP contribution in [-0.4, -0.2) is 62.9 Å². The molecule has 2 heterocycles. The van der Waals surface area contributed by atoms with Crippen LogP contribution < -0.4 is 10.6 Å². The Kier molecular flexibility index (Phi) is 4.38. The van der Waals surface area contributed by atoms with Crippen molar-refractivity contribution >= 4 is 0 Å². The van der Waals surface area contributed by atoms with E-state index in [1.807, 2.05) is 0 Å². The van der Waals surface area contributed by atoms with Crippen LogP contribution in [0, 0.1) is 0 Å². The molecule has 4 nitrogen and oxygen atoms in total. The fourth-order valence-electron chi connectivity index (χ4n) is 2.42. The minimum Gasteiger partial charge on any atom is -0.379 e. The van der Waals surface area contributed by atoms with E-state index in [1.165, 1.54) is 13.0 Å². The van der Waals surface area contributed by atoms with Crippen LogP contribution in [-0.2, 0) is 4.74 Å². The number of hydrogen-bond donors (Lipinski definition) is 2. The van der Waals surface area contributed by atoms with Gasteiger partial charge in [-0.05, 0) is 19.9 Å². The van der Waals surface area contributed by atoms with E-state index in [9.17, 15) is 0 Å². The van der Waals surface area contributed by atoms with Gasteiger partial charge in [-0.1, -0.05) is 0 Å². The Bertz CT molecular complexity index is 177. The molecule has 2 saturated heterocycles. The van der Waals surface area contributed by atoms with Crippen LogP contribution in [0.3, 0.4) is 0 Å². The summed E-state index contributed by atoms with van der Waals surface area (Å²) in [6.07, 6.45) is 1.27. The van der Waals surface area contributed by atoms with Crippen LogP contribution in [0.2, 0.25) is 0 Å². The van der Waals surface area contributed by atoms with E-state index in [4.69, 9.17) is 4.74 Å². The summed E-state index contributed by atoms with van der Waals surface area (Å²) in [7, 11) is 0. The zero-order valence-electron chi connectivity index (χ0n) is 9.67. The summed E-state index contributed by atoms with van der Waals surface area (Å²) in [6, 6.07) is 1.27. The second-order valence-corrected chi connectivity index (χ2v) is 4.67. The topological polar surface area (TPSA) is 36.5 Å². The van der Waals surface area contributed by atoms with Gasteiger partial charge >= 0.3 is 0 Å². The maximum absolute atomic E-state index is 5.34. The van der Waals surface area contributed by atoms with E-state index in [0.29, 0.717) is 12.1 Å². The van der Waals surface area contributed by atoms with E-state index in [0.717, 1.165) is 39.4 Å². The SMILES string of the molecule is CC(CN1CCOCC1)NC1CCNC1. The van der Waals surface area contributed by atoms with Crippen LogP contribution in [0.4, 0.5) is 0 Å². The highest BCUT2D eigenvalue weighted by Gasteiger charge is 2.18. The Hall–Kier alpha value is -0.160. The number of rotatable bonds is 4. The van der Waals surface area contributed by atoms with Gasteiger partial charge in [-0.3, -0.25) is 4.90 Å². The van der Waals surface area contributed by atoms with Crippen molar-refractivity contribution in [2.75, 3.05) is 45.9 Å². The standard InChI is InChI=1S/C11H23N3O/c1-10(13-11-2-3-12-8-11)9-14-4-6-15-7-5-14/h10-13H,2-9H2,1H3. The van der Waals surface area contributed by atoms with Gasteiger partial charge in [0.2, 0.25) is 0 Å². The first-order chi connectivity index (χ1) is 7.34. The van der Waals surface area contributed by atoms with Gasteiger partial charge in [0.1, 0.15) is 0 Å². The monoisotopic (exact) mass is 213 g/mol. The molecule has 0 aromatic carbocycles. The molecule has 2 aliphatic rings. The summed E-state index contributed by atoms with van der Waals surface area (Å²) in [5, 5.41) is 7.07. The van der Waals surface area contributed by atoms with Crippen molar-refractivity contribution in [2.45, 2.75) is 25.4 Å². The summed E-state index contributed by atoms with van der Waals surface area (Å²) < 4.78 is 5.34. The van der Waals surface area contributed by atoms with E-state index in [2.05, 4.69) is 22.5 Å². The molecular formula is C11H23N3O. The lowest BCUT2D eigenvalue weighted by Crippen LogP contribution is -2.47. The second kappa shape index (κ2) is 5.80. The number of hydrogen-bond acceptors (Lipinski definition) is 4. The molecule has 2 unspecified atom stereocenters. The third kappa shape index (κ3) is 3.72. The molecule has 0 spiro atoms. The van der Waals surface area contributed by atoms with Gasteiger partial charge in [-0.25, -0.2) is 0 Å². The molecule has 2 N–H and O–H groups in total. The number of nitrogens with zero attached hydrogens (tertiary/aromatic N) is 1. The highest BCUT2D eigenvalue weighted by atomic mass is 16.5. The summed E-state index contributed by atoms with van der Waals surface area (Å²) >= 11 is 0. The number of ether oxygens (including phenoxy) is 1. The predicted molar refractivity (Wildman–Crippen MR) is 61.1 cm³/mol. The highest BCUT2D eigenvalue weighted by molar-refractivity contribution is 4.81. The minimum atomic E-state index is 0.591. The van der Waals surface area contributed by atoms with E-state index in [1.54, 1.807) is 0 Å². The molecule has 0 aromatic heterocycles. The van der Waals surface area contributed by atoms with E-state index >= 15 is 0 Å². The predicted octanol–water partition coefficient (Wildman–Crippen LogP) is -0.341. The van der Waals surface area contributed by atoms with E-state index in [-0.39, 0.29) is 0 Å². The Morgan fingerprint density at radius 3 is 2.93 bits per heavy atom. The molecule has 0 bridgehead atoms. The van der Waals surface area contributed by atoms with Gasteiger partial charge in [0.25, 0.3) is 0 Å². The summed E-state index contributed by atoms with van der Waals surface area (Å²) in [5.74, 6) is 0. The lowest BCUT2D eigenvalue weighted by molar-refractivity contribution is 0.0339. The van der Waals surface area contributed by atoms with Crippen molar-refractivity contribution in [1.82, 2.24) is 15.5 Å². The Morgan fingerprint density at radius 1 is 1.47 bits per heavy atom. The van der Waals surface area contributed by atoms with Crippen molar-refractivity contribution < 1.29 is 4.74 Å². The normalized spacial score (nSPS) is 30.6. The first-order valence-corrected chi connectivity index (χ1v) is 6.11. The molecule has 15 heavy (non-hydrogen) atoms. The number of morpholine rings is 1. The smallest absolute Gasteiger partial charge is 0.0594 e. The highest BCUT2D eigenvalue weighted by Crippen LogP contribution is 2.02. The zero-order valence-corrected chi connectivity index (χ0v) is 9.67. The van der Waals surface area contributed by atoms with Crippen molar-refractivity contribution in [3.05, 3.63) is 0 Å². The molecule has 0 amide bonds. The molecule has 4 heteroatoms. The Balaban J connectivity index is 1.64. The van der Waals surface area contributed by atoms with Crippen LogP contribution in [0.5, 0.6) is 0 Å². The molecule has 0 aliphatic carbocycles. The summed E-state index contributed by atoms with van der Waals surface area (Å²) in [6.45, 7) is 9.72. The zero-order chi connectivity index (χ0) is 10.5. The maximum Gasteiger partial charge on any atom is 0.0594 e. The van der Waals surface area contributed by atoms with Crippen molar-refractivity contribution in [2.24, 2.45) is 0 Å². The van der Waals surface area contributed by atoms with Crippen molar-refractivity contribution in [1.29, 1.82) is 0 Å². The fourth-order valence-corrected chi connectivity index (χ4v) is 2.42. The third-order valence-corrected chi connectivity index (χ3v) is 3.22. The molecule has 0 saturated carbocycles. The molecule has 88 valence electrons. The lowest BCUT2D eigenvalue weighted by Gasteiger charge is -2.30. The van der Waals surface area contributed by atoms with Gasteiger partial charge in [-0.15, -0.1) is 0 Å². The third-order valence-electron chi connectivity index (χ3n) is 3.22. The van der Waals surface area contributed by atoms with Crippen molar-refractivity contribution in [3.63, 3.8) is 0 Å². The van der Waals surface area contributed by atoms with Crippen LogP contribution in [0.1, 0.15) is 13.3 Å². The Morgan fingerprint density at radius 2 is 2.27 bits per heavy atom. The second-order valence-electron chi connectivity index (χ2n) is 4.67. The minimum absolute atomic E-state index is 0.591. The lowest BCUT2D eigenvalue weighted by atomic mass is 10.2. The molecule has 2 rings (SSSR count). The van der Waals surface area contributed by atoms with Gasteiger partial charge in [0.15, 0.2) is 0 Å². The fraction of sp³-hybridized carbons (Fsp3) is 1.00. The summed E-state index contributed by atoms with van der Waals surface area (Å²) in [5.41, 5.74) is 0. The average Bonchev–Trinajstić information content (AvgIpc) is 2.71. The Labute approximate surface area is 92.4 Å². The van der Waals surface area contributed by atoms with Gasteiger partial charge < -0.3 is 15.4 Å². The van der Waals surface area contributed by atoms with Gasteiger partial charge in [0, 0.05) is 38.3 Å². The molecule has 2 aliphatic heterocycles. The summed E-state index contributed by atoms with van der Waals surface area (Å²) in [4.78, 5) is 2.49.